The summed E-state index contributed by atoms with van der Waals surface area (Å²) in [5, 5.41) is 2.47. The van der Waals surface area contributed by atoms with E-state index in [-0.39, 0.29) is 0 Å². The molecule has 0 amide bonds. The van der Waals surface area contributed by atoms with Crippen molar-refractivity contribution in [2.45, 2.75) is 0 Å². The minimum absolute atomic E-state index is 0.911. The van der Waals surface area contributed by atoms with E-state index in [1.165, 1.54) is 10.8 Å². The second kappa shape index (κ2) is 2.55. The lowest BCUT2D eigenvalue weighted by Gasteiger charge is -1.97. The number of hydrogen-bond donors (Lipinski definition) is 0. The lowest BCUT2D eigenvalue weighted by atomic mass is 10.2. The van der Waals surface area contributed by atoms with Crippen molar-refractivity contribution in [3.63, 3.8) is 0 Å². The Morgan fingerprint density at radius 3 is 2.67 bits per heavy atom. The van der Waals surface area contributed by atoms with Crippen LogP contribution in [0.25, 0.3) is 10.8 Å². The number of nitrogens with zero attached hydrogens (tertiary/aromatic N) is 1. The molecule has 0 aliphatic carbocycles. The van der Waals surface area contributed by atoms with Gasteiger partial charge in [0.25, 0.3) is 0 Å². The predicted octanol–water partition coefficient (Wildman–Crippen LogP) is 2.19. The topological polar surface area (TPSA) is 14.2 Å². The molecule has 2 rings (SSSR count). The van der Waals surface area contributed by atoms with Crippen LogP contribution in [0, 0.1) is 0 Å². The molecular formula is C10H11NO. The zero-order valence-electron chi connectivity index (χ0n) is 7.24. The summed E-state index contributed by atoms with van der Waals surface area (Å²) >= 11 is 0. The van der Waals surface area contributed by atoms with E-state index in [4.69, 9.17) is 4.74 Å². The molecule has 1 aromatic carbocycles. The molecule has 1 heterocycles. The molecule has 0 fully saturated rings. The molecule has 0 spiro atoms. The van der Waals surface area contributed by atoms with Crippen LogP contribution in [0.5, 0.6) is 5.75 Å². The average molecular weight is 161 g/mol. The van der Waals surface area contributed by atoms with Gasteiger partial charge in [-0.2, -0.15) is 0 Å². The van der Waals surface area contributed by atoms with E-state index >= 15 is 0 Å². The maximum atomic E-state index is 5.12. The fraction of sp³-hybridized carbons (Fsp3) is 0.200. The highest BCUT2D eigenvalue weighted by Gasteiger charge is 1.97. The molecule has 0 bridgehead atoms. The number of methoxy groups -OCH3 is 1. The quantitative estimate of drug-likeness (QED) is 0.625. The summed E-state index contributed by atoms with van der Waals surface area (Å²) in [5.74, 6) is 0.911. The van der Waals surface area contributed by atoms with Crippen LogP contribution < -0.4 is 4.74 Å². The largest absolute Gasteiger partial charge is 0.497 e. The fourth-order valence-electron chi connectivity index (χ4n) is 1.39. The Kier molecular flexibility index (Phi) is 1.54. The summed E-state index contributed by atoms with van der Waals surface area (Å²) in [5.41, 5.74) is 0. The summed E-state index contributed by atoms with van der Waals surface area (Å²) in [6, 6.07) is 6.08. The third-order valence-electron chi connectivity index (χ3n) is 1.98. The van der Waals surface area contributed by atoms with Crippen LogP contribution in [0.3, 0.4) is 0 Å². The SMILES string of the molecule is COc1ccc2cn(C)cc2c1. The lowest BCUT2D eigenvalue weighted by molar-refractivity contribution is 0.415. The summed E-state index contributed by atoms with van der Waals surface area (Å²) < 4.78 is 7.17. The van der Waals surface area contributed by atoms with Gasteiger partial charge in [-0.25, -0.2) is 0 Å². The first-order valence-electron chi connectivity index (χ1n) is 3.89. The van der Waals surface area contributed by atoms with E-state index in [9.17, 15) is 0 Å². The standard InChI is InChI=1S/C10H11NO/c1-11-6-8-3-4-10(12-2)5-9(8)7-11/h3-7H,1-2H3. The molecule has 2 aromatic rings. The molecule has 0 aliphatic heterocycles. The first kappa shape index (κ1) is 7.22. The Morgan fingerprint density at radius 2 is 1.92 bits per heavy atom. The zero-order valence-corrected chi connectivity index (χ0v) is 7.24. The minimum Gasteiger partial charge on any atom is -0.497 e. The summed E-state index contributed by atoms with van der Waals surface area (Å²) in [6.07, 6.45) is 4.17. The molecule has 1 aromatic heterocycles. The van der Waals surface area contributed by atoms with Gasteiger partial charge in [0.1, 0.15) is 5.75 Å². The van der Waals surface area contributed by atoms with E-state index in [0.717, 1.165) is 5.75 Å². The van der Waals surface area contributed by atoms with Gasteiger partial charge in [0.15, 0.2) is 0 Å². The second-order valence-electron chi connectivity index (χ2n) is 2.92. The Hall–Kier alpha value is -1.44. The van der Waals surface area contributed by atoms with E-state index < -0.39 is 0 Å². The average Bonchev–Trinajstić information content (AvgIpc) is 2.43. The van der Waals surface area contributed by atoms with Gasteiger partial charge in [-0.05, 0) is 23.6 Å². The second-order valence-corrected chi connectivity index (χ2v) is 2.92. The van der Waals surface area contributed by atoms with Gasteiger partial charge in [-0.1, -0.05) is 0 Å². The molecule has 62 valence electrons. The third kappa shape index (κ3) is 1.05. The number of benzene rings is 1. The molecule has 2 nitrogen and oxygen atoms in total. The van der Waals surface area contributed by atoms with Crippen LogP contribution in [0.4, 0.5) is 0 Å². The molecule has 0 atom stereocenters. The molecular weight excluding hydrogens is 150 g/mol. The molecule has 0 aliphatic rings. The molecule has 0 saturated carbocycles. The summed E-state index contributed by atoms with van der Waals surface area (Å²) in [6.45, 7) is 0. The van der Waals surface area contributed by atoms with Crippen LogP contribution in [0.15, 0.2) is 30.6 Å². The highest BCUT2D eigenvalue weighted by molar-refractivity contribution is 5.83. The first-order chi connectivity index (χ1) is 5.79. The van der Waals surface area contributed by atoms with E-state index in [2.05, 4.69) is 18.5 Å². The molecule has 0 N–H and O–H groups in total. The number of rotatable bonds is 1. The highest BCUT2D eigenvalue weighted by Crippen LogP contribution is 2.20. The number of hydrogen-bond acceptors (Lipinski definition) is 1. The lowest BCUT2D eigenvalue weighted by Crippen LogP contribution is -1.79. The van der Waals surface area contributed by atoms with Gasteiger partial charge in [0.2, 0.25) is 0 Å². The number of fused-ring (bicyclic) bond motifs is 1. The minimum atomic E-state index is 0.911. The maximum absolute atomic E-state index is 5.12. The zero-order chi connectivity index (χ0) is 8.55. The van der Waals surface area contributed by atoms with Crippen LogP contribution in [-0.2, 0) is 7.05 Å². The molecule has 0 unspecified atom stereocenters. The van der Waals surface area contributed by atoms with Crippen molar-refractivity contribution < 1.29 is 4.74 Å². The highest BCUT2D eigenvalue weighted by atomic mass is 16.5. The van der Waals surface area contributed by atoms with Crippen LogP contribution in [0.1, 0.15) is 0 Å². The van der Waals surface area contributed by atoms with Gasteiger partial charge in [-0.3, -0.25) is 0 Å². The molecule has 2 heteroatoms. The van der Waals surface area contributed by atoms with Gasteiger partial charge in [0.05, 0.1) is 7.11 Å². The van der Waals surface area contributed by atoms with Gasteiger partial charge < -0.3 is 9.30 Å². The molecule has 12 heavy (non-hydrogen) atoms. The van der Waals surface area contributed by atoms with Crippen LogP contribution >= 0.6 is 0 Å². The first-order valence-corrected chi connectivity index (χ1v) is 3.89. The Morgan fingerprint density at radius 1 is 1.17 bits per heavy atom. The Labute approximate surface area is 71.4 Å². The number of aryl methyl sites for hydroxylation is 1. The normalized spacial score (nSPS) is 10.5. The van der Waals surface area contributed by atoms with Crippen molar-refractivity contribution in [2.24, 2.45) is 7.05 Å². The van der Waals surface area contributed by atoms with Crippen molar-refractivity contribution in [3.05, 3.63) is 30.6 Å². The van der Waals surface area contributed by atoms with Crippen molar-refractivity contribution in [1.29, 1.82) is 0 Å². The predicted molar refractivity (Wildman–Crippen MR) is 49.5 cm³/mol. The fourth-order valence-corrected chi connectivity index (χ4v) is 1.39. The summed E-state index contributed by atoms with van der Waals surface area (Å²) in [4.78, 5) is 0. The van der Waals surface area contributed by atoms with E-state index in [1.54, 1.807) is 7.11 Å². The van der Waals surface area contributed by atoms with Gasteiger partial charge >= 0.3 is 0 Å². The monoisotopic (exact) mass is 161 g/mol. The van der Waals surface area contributed by atoms with Crippen LogP contribution in [0.2, 0.25) is 0 Å². The van der Waals surface area contributed by atoms with Gasteiger partial charge in [0, 0.05) is 24.8 Å². The summed E-state index contributed by atoms with van der Waals surface area (Å²) in [7, 11) is 3.70. The van der Waals surface area contributed by atoms with Crippen molar-refractivity contribution in [3.8, 4) is 5.75 Å². The molecule has 0 saturated heterocycles. The third-order valence-corrected chi connectivity index (χ3v) is 1.98. The van der Waals surface area contributed by atoms with Crippen molar-refractivity contribution in [1.82, 2.24) is 4.57 Å². The maximum Gasteiger partial charge on any atom is 0.119 e. The van der Waals surface area contributed by atoms with Gasteiger partial charge in [-0.15, -0.1) is 0 Å². The molecule has 0 radical (unpaired) electrons. The van der Waals surface area contributed by atoms with Crippen molar-refractivity contribution >= 4 is 10.8 Å². The smallest absolute Gasteiger partial charge is 0.119 e. The van der Waals surface area contributed by atoms with E-state index in [1.807, 2.05) is 23.7 Å². The van der Waals surface area contributed by atoms with Crippen LogP contribution in [-0.4, -0.2) is 11.7 Å². The number of ether oxygens (including phenoxy) is 1. The number of aromatic nitrogens is 1. The Bertz CT molecular complexity index is 403. The van der Waals surface area contributed by atoms with Crippen molar-refractivity contribution in [2.75, 3.05) is 7.11 Å². The van der Waals surface area contributed by atoms with E-state index in [0.29, 0.717) is 0 Å². The Balaban J connectivity index is 2.66.